The Hall–Kier alpha value is -2.70. The van der Waals surface area contributed by atoms with Crippen LogP contribution in [-0.4, -0.2) is 60.3 Å². The van der Waals surface area contributed by atoms with Crippen molar-refractivity contribution in [3.8, 4) is 0 Å². The molecule has 0 saturated carbocycles. The van der Waals surface area contributed by atoms with Crippen LogP contribution in [0, 0.1) is 0 Å². The van der Waals surface area contributed by atoms with Gasteiger partial charge in [0.1, 0.15) is 0 Å². The van der Waals surface area contributed by atoms with Crippen LogP contribution in [0.3, 0.4) is 0 Å². The van der Waals surface area contributed by atoms with E-state index in [9.17, 15) is 19.8 Å². The van der Waals surface area contributed by atoms with Gasteiger partial charge < -0.3 is 20.0 Å². The molecule has 0 aromatic heterocycles. The van der Waals surface area contributed by atoms with Crippen LogP contribution in [0.4, 0.5) is 5.69 Å². The average Bonchev–Trinajstić information content (AvgIpc) is 2.91. The Bertz CT molecular complexity index is 833. The zero-order valence-corrected chi connectivity index (χ0v) is 16.0. The number of aliphatic hydroxyl groups excluding tert-OH is 2. The zero-order valence-electron chi connectivity index (χ0n) is 16.0. The molecule has 0 saturated heterocycles. The van der Waals surface area contributed by atoms with Gasteiger partial charge in [-0.25, -0.2) is 0 Å². The molecule has 3 rings (SSSR count). The van der Waals surface area contributed by atoms with Crippen LogP contribution in [0.1, 0.15) is 17.5 Å². The quantitative estimate of drug-likeness (QED) is 0.722. The summed E-state index contributed by atoms with van der Waals surface area (Å²) in [6.07, 6.45) is 0.397. The maximum absolute atomic E-state index is 13.4. The summed E-state index contributed by atoms with van der Waals surface area (Å²) in [6.45, 7) is -0.122. The monoisotopic (exact) mass is 382 g/mol. The van der Waals surface area contributed by atoms with Gasteiger partial charge in [0.25, 0.3) is 0 Å². The van der Waals surface area contributed by atoms with E-state index >= 15 is 0 Å². The van der Waals surface area contributed by atoms with Gasteiger partial charge in [-0.1, -0.05) is 48.5 Å². The first-order valence-corrected chi connectivity index (χ1v) is 9.44. The molecule has 2 amide bonds. The SMILES string of the molecule is CN1C(=O)[C@@](CC(=O)N(CCO)CCO)(Cc2ccccc2)c2ccccc21. The number of rotatable bonds is 8. The van der Waals surface area contributed by atoms with E-state index in [0.29, 0.717) is 6.42 Å². The summed E-state index contributed by atoms with van der Waals surface area (Å²) in [5.41, 5.74) is 1.62. The molecule has 0 unspecified atom stereocenters. The molecule has 1 heterocycles. The number of hydrogen-bond acceptors (Lipinski definition) is 4. The van der Waals surface area contributed by atoms with Crippen molar-refractivity contribution in [2.75, 3.05) is 38.3 Å². The lowest BCUT2D eigenvalue weighted by Crippen LogP contribution is -2.46. The maximum Gasteiger partial charge on any atom is 0.238 e. The Morgan fingerprint density at radius 3 is 2.25 bits per heavy atom. The van der Waals surface area contributed by atoms with Crippen molar-refractivity contribution in [2.45, 2.75) is 18.3 Å². The van der Waals surface area contributed by atoms with Crippen LogP contribution >= 0.6 is 0 Å². The first kappa shape index (κ1) is 20.0. The van der Waals surface area contributed by atoms with Crippen LogP contribution in [0.15, 0.2) is 54.6 Å². The van der Waals surface area contributed by atoms with Crippen molar-refractivity contribution in [3.63, 3.8) is 0 Å². The van der Waals surface area contributed by atoms with Gasteiger partial charge in [0.05, 0.1) is 18.6 Å². The topological polar surface area (TPSA) is 81.1 Å². The van der Waals surface area contributed by atoms with Gasteiger partial charge >= 0.3 is 0 Å². The summed E-state index contributed by atoms with van der Waals surface area (Å²) < 4.78 is 0. The minimum absolute atomic E-state index is 0.0118. The maximum atomic E-state index is 13.4. The molecule has 1 aliphatic heterocycles. The van der Waals surface area contributed by atoms with Gasteiger partial charge in [-0.3, -0.25) is 9.59 Å². The third-order valence-electron chi connectivity index (χ3n) is 5.39. The molecular formula is C22H26N2O4. The Morgan fingerprint density at radius 1 is 1.00 bits per heavy atom. The fourth-order valence-electron chi connectivity index (χ4n) is 4.04. The molecule has 0 aliphatic carbocycles. The van der Waals surface area contributed by atoms with Crippen molar-refractivity contribution in [1.29, 1.82) is 0 Å². The molecule has 0 fully saturated rings. The highest BCUT2D eigenvalue weighted by molar-refractivity contribution is 6.09. The number of para-hydroxylation sites is 1. The number of hydrogen-bond donors (Lipinski definition) is 2. The molecule has 2 aromatic carbocycles. The van der Waals surface area contributed by atoms with Crippen molar-refractivity contribution in [3.05, 3.63) is 65.7 Å². The lowest BCUT2D eigenvalue weighted by Gasteiger charge is -2.31. The van der Waals surface area contributed by atoms with E-state index in [1.54, 1.807) is 11.9 Å². The first-order chi connectivity index (χ1) is 13.5. The van der Waals surface area contributed by atoms with Crippen molar-refractivity contribution < 1.29 is 19.8 Å². The molecule has 148 valence electrons. The smallest absolute Gasteiger partial charge is 0.238 e. The van der Waals surface area contributed by atoms with Crippen LogP contribution in [0.5, 0.6) is 0 Å². The van der Waals surface area contributed by atoms with Gasteiger partial charge in [0.2, 0.25) is 11.8 Å². The standard InChI is InChI=1S/C22H26N2O4/c1-23-19-10-6-5-9-18(19)22(21(23)28,15-17-7-3-2-4-8-17)16-20(27)24(11-13-25)12-14-26/h2-10,25-26H,11-16H2,1H3/t22-/m1/s1. The molecule has 2 aromatic rings. The Balaban J connectivity index is 2.03. The number of fused-ring (bicyclic) bond motifs is 1. The number of amides is 2. The van der Waals surface area contributed by atoms with Gasteiger partial charge in [-0.15, -0.1) is 0 Å². The molecule has 2 N–H and O–H groups in total. The van der Waals surface area contributed by atoms with Crippen molar-refractivity contribution in [2.24, 2.45) is 0 Å². The molecule has 0 radical (unpaired) electrons. The molecule has 6 heteroatoms. The van der Waals surface area contributed by atoms with Crippen LogP contribution in [0.2, 0.25) is 0 Å². The number of carbonyl (C=O) groups is 2. The summed E-state index contributed by atoms with van der Waals surface area (Å²) in [7, 11) is 1.73. The van der Waals surface area contributed by atoms with E-state index in [1.807, 2.05) is 54.6 Å². The predicted octanol–water partition coefficient (Wildman–Crippen LogP) is 1.35. The second-order valence-corrected chi connectivity index (χ2v) is 7.13. The van der Waals surface area contributed by atoms with E-state index in [0.717, 1.165) is 16.8 Å². The van der Waals surface area contributed by atoms with Gasteiger partial charge in [0, 0.05) is 32.2 Å². The molecule has 0 spiro atoms. The van der Waals surface area contributed by atoms with Crippen LogP contribution in [-0.2, 0) is 21.4 Å². The number of carbonyl (C=O) groups excluding carboxylic acids is 2. The fraction of sp³-hybridized carbons (Fsp3) is 0.364. The predicted molar refractivity (Wildman–Crippen MR) is 107 cm³/mol. The lowest BCUT2D eigenvalue weighted by atomic mass is 9.73. The number of aliphatic hydroxyl groups is 2. The van der Waals surface area contributed by atoms with E-state index in [2.05, 4.69) is 0 Å². The van der Waals surface area contributed by atoms with E-state index in [-0.39, 0.29) is 44.5 Å². The van der Waals surface area contributed by atoms with E-state index in [1.165, 1.54) is 4.90 Å². The van der Waals surface area contributed by atoms with E-state index < -0.39 is 5.41 Å². The highest BCUT2D eigenvalue weighted by atomic mass is 16.3. The average molecular weight is 382 g/mol. The summed E-state index contributed by atoms with van der Waals surface area (Å²) in [4.78, 5) is 29.5. The minimum atomic E-state index is -1.01. The first-order valence-electron chi connectivity index (χ1n) is 9.44. The Kier molecular flexibility index (Phi) is 6.11. The number of anilines is 1. The highest BCUT2D eigenvalue weighted by Gasteiger charge is 2.51. The highest BCUT2D eigenvalue weighted by Crippen LogP contribution is 2.45. The molecule has 28 heavy (non-hydrogen) atoms. The lowest BCUT2D eigenvalue weighted by molar-refractivity contribution is -0.137. The van der Waals surface area contributed by atoms with Gasteiger partial charge in [-0.05, 0) is 23.6 Å². The second-order valence-electron chi connectivity index (χ2n) is 7.13. The van der Waals surface area contributed by atoms with Crippen molar-refractivity contribution in [1.82, 2.24) is 4.90 Å². The number of benzene rings is 2. The molecule has 0 bridgehead atoms. The molecular weight excluding hydrogens is 356 g/mol. The van der Waals surface area contributed by atoms with Gasteiger partial charge in [0.15, 0.2) is 0 Å². The number of likely N-dealkylation sites (N-methyl/N-ethyl adjacent to an activating group) is 1. The molecule has 1 atom stereocenters. The largest absolute Gasteiger partial charge is 0.395 e. The molecule has 1 aliphatic rings. The normalized spacial score (nSPS) is 18.2. The summed E-state index contributed by atoms with van der Waals surface area (Å²) in [5, 5.41) is 18.5. The Morgan fingerprint density at radius 2 is 1.61 bits per heavy atom. The molecule has 6 nitrogen and oxygen atoms in total. The van der Waals surface area contributed by atoms with Crippen LogP contribution in [0.25, 0.3) is 0 Å². The third-order valence-corrected chi connectivity index (χ3v) is 5.39. The van der Waals surface area contributed by atoms with E-state index in [4.69, 9.17) is 0 Å². The second kappa shape index (κ2) is 8.54. The fourth-order valence-corrected chi connectivity index (χ4v) is 4.04. The summed E-state index contributed by atoms with van der Waals surface area (Å²) in [5.74, 6) is -0.365. The summed E-state index contributed by atoms with van der Waals surface area (Å²) in [6, 6.07) is 17.2. The third kappa shape index (κ3) is 3.66. The van der Waals surface area contributed by atoms with Crippen molar-refractivity contribution >= 4 is 17.5 Å². The van der Waals surface area contributed by atoms with Crippen LogP contribution < -0.4 is 4.90 Å². The Labute approximate surface area is 165 Å². The minimum Gasteiger partial charge on any atom is -0.395 e. The zero-order chi connectivity index (χ0) is 20.1. The number of nitrogens with zero attached hydrogens (tertiary/aromatic N) is 2. The van der Waals surface area contributed by atoms with Gasteiger partial charge in [-0.2, -0.15) is 0 Å². The summed E-state index contributed by atoms with van der Waals surface area (Å²) >= 11 is 0.